The van der Waals surface area contributed by atoms with Crippen LogP contribution in [0.3, 0.4) is 0 Å². The van der Waals surface area contributed by atoms with E-state index in [1.54, 1.807) is 23.4 Å². The van der Waals surface area contributed by atoms with Crippen LogP contribution in [0, 0.1) is 0 Å². The molecule has 164 valence electrons. The van der Waals surface area contributed by atoms with Gasteiger partial charge in [0.05, 0.1) is 17.9 Å². The minimum Gasteiger partial charge on any atom is -0.461 e. The van der Waals surface area contributed by atoms with Gasteiger partial charge in [0.25, 0.3) is 0 Å². The first kappa shape index (κ1) is 20.1. The Morgan fingerprint density at radius 1 is 1.12 bits per heavy atom. The molecular formula is C22H18F3N5O2. The van der Waals surface area contributed by atoms with Gasteiger partial charge in [-0.3, -0.25) is 0 Å². The Morgan fingerprint density at radius 2 is 1.94 bits per heavy atom. The number of fused-ring (bicyclic) bond motifs is 1. The molecule has 4 heterocycles. The van der Waals surface area contributed by atoms with Crippen molar-refractivity contribution in [3.63, 3.8) is 0 Å². The summed E-state index contributed by atoms with van der Waals surface area (Å²) in [5.41, 5.74) is 0.972. The Balaban J connectivity index is 1.35. The number of urea groups is 1. The zero-order chi connectivity index (χ0) is 22.3. The van der Waals surface area contributed by atoms with E-state index < -0.39 is 11.7 Å². The minimum absolute atomic E-state index is 0.0756. The van der Waals surface area contributed by atoms with Gasteiger partial charge in [0.2, 0.25) is 0 Å². The number of hydrogen-bond acceptors (Lipinski definition) is 4. The highest BCUT2D eigenvalue weighted by Gasteiger charge is 2.32. The SMILES string of the molecule is O=C(Nc1ccc(C(F)(F)F)cc1)N1CCC(n2c(-c3ccco3)nc3cccnc32)C1. The molecule has 4 aromatic rings. The first-order valence-corrected chi connectivity index (χ1v) is 10.00. The molecule has 1 saturated heterocycles. The van der Waals surface area contributed by atoms with Crippen LogP contribution in [-0.2, 0) is 6.18 Å². The number of alkyl halides is 3. The summed E-state index contributed by atoms with van der Waals surface area (Å²) in [5, 5.41) is 2.67. The van der Waals surface area contributed by atoms with Crippen LogP contribution in [0.2, 0.25) is 0 Å². The third-order valence-corrected chi connectivity index (χ3v) is 5.47. The van der Waals surface area contributed by atoms with E-state index in [4.69, 9.17) is 4.42 Å². The lowest BCUT2D eigenvalue weighted by molar-refractivity contribution is -0.137. The maximum Gasteiger partial charge on any atom is 0.416 e. The standard InChI is InChI=1S/C22H18F3N5O2/c23-22(24,25)14-5-7-15(8-6-14)27-21(31)29-11-9-16(13-29)30-19-17(3-1-10-26-19)28-20(30)18-4-2-12-32-18/h1-8,10,12,16H,9,11,13H2,(H,27,31). The van der Waals surface area contributed by atoms with Crippen molar-refractivity contribution >= 4 is 22.9 Å². The van der Waals surface area contributed by atoms with Gasteiger partial charge in [-0.25, -0.2) is 14.8 Å². The second-order valence-corrected chi connectivity index (χ2v) is 7.52. The molecular weight excluding hydrogens is 423 g/mol. The third kappa shape index (κ3) is 3.68. The Labute approximate surface area is 180 Å². The fraction of sp³-hybridized carbons (Fsp3) is 0.227. The number of carbonyl (C=O) groups is 1. The fourth-order valence-electron chi connectivity index (χ4n) is 3.94. The van der Waals surface area contributed by atoms with Crippen molar-refractivity contribution in [3.05, 3.63) is 66.6 Å². The summed E-state index contributed by atoms with van der Waals surface area (Å²) >= 11 is 0. The summed E-state index contributed by atoms with van der Waals surface area (Å²) in [6.45, 7) is 0.892. The van der Waals surface area contributed by atoms with Gasteiger partial charge >= 0.3 is 12.2 Å². The molecule has 10 heteroatoms. The molecule has 2 amide bonds. The number of anilines is 1. The van der Waals surface area contributed by atoms with Gasteiger partial charge in [-0.15, -0.1) is 0 Å². The zero-order valence-corrected chi connectivity index (χ0v) is 16.7. The molecule has 1 aliphatic rings. The van der Waals surface area contributed by atoms with E-state index in [0.717, 1.165) is 17.6 Å². The van der Waals surface area contributed by atoms with Crippen LogP contribution in [0.25, 0.3) is 22.7 Å². The maximum absolute atomic E-state index is 12.7. The van der Waals surface area contributed by atoms with E-state index in [-0.39, 0.29) is 12.1 Å². The predicted molar refractivity (Wildman–Crippen MR) is 111 cm³/mol. The van der Waals surface area contributed by atoms with Crippen molar-refractivity contribution < 1.29 is 22.4 Å². The Bertz CT molecular complexity index is 1250. The van der Waals surface area contributed by atoms with Gasteiger partial charge in [0.1, 0.15) is 5.52 Å². The number of hydrogen-bond donors (Lipinski definition) is 1. The number of imidazole rings is 1. The van der Waals surface area contributed by atoms with Gasteiger partial charge in [-0.1, -0.05) is 0 Å². The first-order valence-electron chi connectivity index (χ1n) is 10.00. The lowest BCUT2D eigenvalue weighted by Crippen LogP contribution is -2.33. The molecule has 1 aromatic carbocycles. The van der Waals surface area contributed by atoms with Crippen molar-refractivity contribution in [2.45, 2.75) is 18.6 Å². The van der Waals surface area contributed by atoms with E-state index in [0.29, 0.717) is 42.4 Å². The highest BCUT2D eigenvalue weighted by Crippen LogP contribution is 2.33. The van der Waals surface area contributed by atoms with Crippen LogP contribution in [0.1, 0.15) is 18.0 Å². The van der Waals surface area contributed by atoms with Crippen LogP contribution < -0.4 is 5.32 Å². The first-order chi connectivity index (χ1) is 15.4. The molecule has 1 aliphatic heterocycles. The second-order valence-electron chi connectivity index (χ2n) is 7.52. The zero-order valence-electron chi connectivity index (χ0n) is 16.7. The highest BCUT2D eigenvalue weighted by molar-refractivity contribution is 5.89. The molecule has 32 heavy (non-hydrogen) atoms. The second kappa shape index (κ2) is 7.70. The van der Waals surface area contributed by atoms with Gasteiger partial charge in [0, 0.05) is 25.0 Å². The average Bonchev–Trinajstić information content (AvgIpc) is 3.51. The van der Waals surface area contributed by atoms with Crippen LogP contribution in [0.15, 0.2) is 65.4 Å². The number of furan rings is 1. The number of aromatic nitrogens is 3. The van der Waals surface area contributed by atoms with Gasteiger partial charge in [-0.05, 0) is 55.0 Å². The Morgan fingerprint density at radius 3 is 2.66 bits per heavy atom. The fourth-order valence-corrected chi connectivity index (χ4v) is 3.94. The monoisotopic (exact) mass is 441 g/mol. The van der Waals surface area contributed by atoms with Crippen LogP contribution in [0.5, 0.6) is 0 Å². The summed E-state index contributed by atoms with van der Waals surface area (Å²) in [7, 11) is 0. The highest BCUT2D eigenvalue weighted by atomic mass is 19.4. The largest absolute Gasteiger partial charge is 0.461 e. The van der Waals surface area contributed by atoms with Crippen molar-refractivity contribution in [1.29, 1.82) is 0 Å². The number of nitrogens with zero attached hydrogens (tertiary/aromatic N) is 4. The molecule has 0 radical (unpaired) electrons. The number of halogens is 3. The van der Waals surface area contributed by atoms with Gasteiger partial charge in [-0.2, -0.15) is 13.2 Å². The average molecular weight is 441 g/mol. The molecule has 1 fully saturated rings. The number of nitrogens with one attached hydrogen (secondary N) is 1. The van der Waals surface area contributed by atoms with E-state index in [2.05, 4.69) is 15.3 Å². The number of pyridine rings is 1. The molecule has 0 saturated carbocycles. The van der Waals surface area contributed by atoms with E-state index in [1.807, 2.05) is 22.8 Å². The molecule has 7 nitrogen and oxygen atoms in total. The summed E-state index contributed by atoms with van der Waals surface area (Å²) < 4.78 is 45.7. The summed E-state index contributed by atoms with van der Waals surface area (Å²) in [6.07, 6.45) is -0.477. The number of benzene rings is 1. The van der Waals surface area contributed by atoms with E-state index >= 15 is 0 Å². The number of rotatable bonds is 3. The smallest absolute Gasteiger partial charge is 0.416 e. The lowest BCUT2D eigenvalue weighted by Gasteiger charge is -2.19. The van der Waals surface area contributed by atoms with Crippen molar-refractivity contribution in [2.75, 3.05) is 18.4 Å². The summed E-state index contributed by atoms with van der Waals surface area (Å²) in [6, 6.07) is 11.2. The molecule has 3 aromatic heterocycles. The number of carbonyl (C=O) groups excluding carboxylic acids is 1. The van der Waals surface area contributed by atoms with Crippen molar-refractivity contribution in [3.8, 4) is 11.6 Å². The minimum atomic E-state index is -4.42. The molecule has 1 unspecified atom stereocenters. The molecule has 0 aliphatic carbocycles. The normalized spacial score (nSPS) is 16.6. The topological polar surface area (TPSA) is 76.2 Å². The third-order valence-electron chi connectivity index (χ3n) is 5.47. The van der Waals surface area contributed by atoms with Crippen molar-refractivity contribution in [2.24, 2.45) is 0 Å². The molecule has 0 spiro atoms. The van der Waals surface area contributed by atoms with E-state index in [1.165, 1.54) is 12.1 Å². The molecule has 1 atom stereocenters. The van der Waals surface area contributed by atoms with Gasteiger partial charge in [0.15, 0.2) is 17.2 Å². The quantitative estimate of drug-likeness (QED) is 0.475. The number of amides is 2. The Hall–Kier alpha value is -3.82. The summed E-state index contributed by atoms with van der Waals surface area (Å²) in [4.78, 5) is 23.5. The summed E-state index contributed by atoms with van der Waals surface area (Å²) in [5.74, 6) is 1.24. The van der Waals surface area contributed by atoms with Crippen LogP contribution in [0.4, 0.5) is 23.7 Å². The predicted octanol–water partition coefficient (Wildman–Crippen LogP) is 5.19. The van der Waals surface area contributed by atoms with E-state index in [9.17, 15) is 18.0 Å². The Kier molecular flexibility index (Phi) is 4.84. The molecule has 1 N–H and O–H groups in total. The van der Waals surface area contributed by atoms with Crippen LogP contribution >= 0.6 is 0 Å². The number of likely N-dealkylation sites (tertiary alicyclic amines) is 1. The van der Waals surface area contributed by atoms with Crippen molar-refractivity contribution in [1.82, 2.24) is 19.4 Å². The van der Waals surface area contributed by atoms with Gasteiger partial charge < -0.3 is 19.2 Å². The maximum atomic E-state index is 12.7. The lowest BCUT2D eigenvalue weighted by atomic mass is 10.2. The molecule has 0 bridgehead atoms. The van der Waals surface area contributed by atoms with Crippen LogP contribution in [-0.4, -0.2) is 38.6 Å². The molecule has 5 rings (SSSR count).